The minimum Gasteiger partial charge on any atom is -0.481 e. The van der Waals surface area contributed by atoms with E-state index in [2.05, 4.69) is 29.2 Å². The summed E-state index contributed by atoms with van der Waals surface area (Å²) in [5, 5.41) is 3.34. The summed E-state index contributed by atoms with van der Waals surface area (Å²) < 4.78 is 10.7. The van der Waals surface area contributed by atoms with E-state index in [1.54, 1.807) is 13.3 Å². The lowest BCUT2D eigenvalue weighted by molar-refractivity contribution is 0.181. The molecule has 23 heavy (non-hydrogen) atoms. The molecule has 0 saturated carbocycles. The Morgan fingerprint density at radius 3 is 3.04 bits per heavy atom. The van der Waals surface area contributed by atoms with Gasteiger partial charge in [0.2, 0.25) is 5.88 Å². The Morgan fingerprint density at radius 2 is 2.39 bits per heavy atom. The van der Waals surface area contributed by atoms with Crippen LogP contribution < -0.4 is 10.1 Å². The standard InChI is InChI=1S/C16H26N4O2.HI/c1-4-17-16(20(2)11-13-7-9-22-12-13)19-10-14-6-5-8-18-15(14)21-3;/h5-6,8,13H,4,7,9-12H2,1-3H3,(H,17,19);1H. The molecule has 1 atom stereocenters. The van der Waals surface area contributed by atoms with Crippen LogP contribution in [0, 0.1) is 5.92 Å². The van der Waals surface area contributed by atoms with Crippen molar-refractivity contribution in [1.82, 2.24) is 15.2 Å². The zero-order valence-corrected chi connectivity index (χ0v) is 16.4. The number of rotatable bonds is 6. The number of methoxy groups -OCH3 is 1. The number of pyridine rings is 1. The highest BCUT2D eigenvalue weighted by atomic mass is 127. The highest BCUT2D eigenvalue weighted by Crippen LogP contribution is 2.16. The molecule has 130 valence electrons. The maximum Gasteiger partial charge on any atom is 0.218 e. The molecule has 1 N–H and O–H groups in total. The molecule has 2 rings (SSSR count). The van der Waals surface area contributed by atoms with Crippen LogP contribution in [0.2, 0.25) is 0 Å². The quantitative estimate of drug-likeness (QED) is 0.423. The van der Waals surface area contributed by atoms with E-state index in [4.69, 9.17) is 14.5 Å². The van der Waals surface area contributed by atoms with E-state index >= 15 is 0 Å². The second kappa shape index (κ2) is 10.6. The second-order valence-electron chi connectivity index (χ2n) is 5.45. The molecule has 0 aromatic carbocycles. The van der Waals surface area contributed by atoms with E-state index < -0.39 is 0 Å². The highest BCUT2D eigenvalue weighted by molar-refractivity contribution is 14.0. The summed E-state index contributed by atoms with van der Waals surface area (Å²) in [6, 6.07) is 3.89. The Morgan fingerprint density at radius 1 is 1.57 bits per heavy atom. The molecule has 1 aromatic rings. The monoisotopic (exact) mass is 434 g/mol. The van der Waals surface area contributed by atoms with Crippen LogP contribution in [0.4, 0.5) is 0 Å². The molecule has 1 fully saturated rings. The third-order valence-electron chi connectivity index (χ3n) is 3.69. The van der Waals surface area contributed by atoms with Crippen molar-refractivity contribution in [3.05, 3.63) is 23.9 Å². The van der Waals surface area contributed by atoms with Gasteiger partial charge in [0.15, 0.2) is 5.96 Å². The van der Waals surface area contributed by atoms with Gasteiger partial charge in [-0.05, 0) is 19.4 Å². The largest absolute Gasteiger partial charge is 0.481 e. The van der Waals surface area contributed by atoms with Gasteiger partial charge >= 0.3 is 0 Å². The normalized spacial score (nSPS) is 17.5. The number of nitrogens with zero attached hydrogens (tertiary/aromatic N) is 3. The van der Waals surface area contributed by atoms with Crippen molar-refractivity contribution in [2.24, 2.45) is 10.9 Å². The molecule has 6 nitrogen and oxygen atoms in total. The first kappa shape index (κ1) is 20.0. The third kappa shape index (κ3) is 6.14. The predicted molar refractivity (Wildman–Crippen MR) is 103 cm³/mol. The highest BCUT2D eigenvalue weighted by Gasteiger charge is 2.19. The lowest BCUT2D eigenvalue weighted by Gasteiger charge is -2.24. The second-order valence-corrected chi connectivity index (χ2v) is 5.45. The molecule has 0 spiro atoms. The van der Waals surface area contributed by atoms with Gasteiger partial charge in [0.25, 0.3) is 0 Å². The van der Waals surface area contributed by atoms with Crippen molar-refractivity contribution in [3.63, 3.8) is 0 Å². The Balaban J connectivity index is 0.00000264. The molecule has 0 bridgehead atoms. The first-order valence-corrected chi connectivity index (χ1v) is 7.79. The van der Waals surface area contributed by atoms with Gasteiger partial charge < -0.3 is 19.7 Å². The van der Waals surface area contributed by atoms with Crippen LogP contribution >= 0.6 is 24.0 Å². The Hall–Kier alpha value is -1.09. The van der Waals surface area contributed by atoms with Crippen LogP contribution in [0.25, 0.3) is 0 Å². The lowest BCUT2D eigenvalue weighted by atomic mass is 10.1. The maximum atomic E-state index is 5.45. The average Bonchev–Trinajstić information content (AvgIpc) is 3.04. The topological polar surface area (TPSA) is 59.0 Å². The summed E-state index contributed by atoms with van der Waals surface area (Å²) in [5.74, 6) is 2.12. The first-order chi connectivity index (χ1) is 10.7. The fraction of sp³-hybridized carbons (Fsp3) is 0.625. The molecule has 1 unspecified atom stereocenters. The van der Waals surface area contributed by atoms with Crippen LogP contribution in [0.3, 0.4) is 0 Å². The summed E-state index contributed by atoms with van der Waals surface area (Å²) in [7, 11) is 3.70. The summed E-state index contributed by atoms with van der Waals surface area (Å²) in [6.07, 6.45) is 2.85. The Bertz CT molecular complexity index is 493. The van der Waals surface area contributed by atoms with E-state index in [1.165, 1.54) is 0 Å². The number of nitrogens with one attached hydrogen (secondary N) is 1. The van der Waals surface area contributed by atoms with Crippen molar-refractivity contribution in [1.29, 1.82) is 0 Å². The molecule has 2 heterocycles. The van der Waals surface area contributed by atoms with E-state index in [9.17, 15) is 0 Å². The van der Waals surface area contributed by atoms with Crippen molar-refractivity contribution in [2.45, 2.75) is 19.9 Å². The number of halogens is 1. The van der Waals surface area contributed by atoms with Crippen molar-refractivity contribution in [2.75, 3.05) is 40.5 Å². The molecule has 7 heteroatoms. The zero-order chi connectivity index (χ0) is 15.8. The van der Waals surface area contributed by atoms with E-state index in [0.29, 0.717) is 18.3 Å². The Kier molecular flexibility index (Phi) is 9.23. The number of ether oxygens (including phenoxy) is 2. The minimum absolute atomic E-state index is 0. The SMILES string of the molecule is CCNC(=NCc1cccnc1OC)N(C)CC1CCOC1.I. The van der Waals surface area contributed by atoms with Gasteiger partial charge in [-0.1, -0.05) is 6.07 Å². The maximum absolute atomic E-state index is 5.45. The predicted octanol–water partition coefficient (Wildman–Crippen LogP) is 2.14. The molecule has 1 aliphatic rings. The van der Waals surface area contributed by atoms with Crippen molar-refractivity contribution < 1.29 is 9.47 Å². The molecule has 1 aliphatic heterocycles. The molecule has 0 radical (unpaired) electrons. The summed E-state index contributed by atoms with van der Waals surface area (Å²) >= 11 is 0. The van der Waals surface area contributed by atoms with E-state index in [-0.39, 0.29) is 24.0 Å². The van der Waals surface area contributed by atoms with Gasteiger partial charge in [0.05, 0.1) is 20.3 Å². The van der Waals surface area contributed by atoms with E-state index in [1.807, 2.05) is 12.1 Å². The van der Waals surface area contributed by atoms with Crippen LogP contribution in [0.5, 0.6) is 5.88 Å². The number of aromatic nitrogens is 1. The lowest BCUT2D eigenvalue weighted by Crippen LogP contribution is -2.41. The minimum atomic E-state index is 0. The van der Waals surface area contributed by atoms with Gasteiger partial charge in [-0.15, -0.1) is 24.0 Å². The first-order valence-electron chi connectivity index (χ1n) is 7.79. The van der Waals surface area contributed by atoms with Crippen molar-refractivity contribution in [3.8, 4) is 5.88 Å². The van der Waals surface area contributed by atoms with Crippen LogP contribution in [-0.4, -0.2) is 56.3 Å². The van der Waals surface area contributed by atoms with Crippen LogP contribution in [0.1, 0.15) is 18.9 Å². The fourth-order valence-corrected chi connectivity index (χ4v) is 2.56. The Labute approximate surface area is 155 Å². The van der Waals surface area contributed by atoms with Gasteiger partial charge in [-0.3, -0.25) is 0 Å². The summed E-state index contributed by atoms with van der Waals surface area (Å²) in [4.78, 5) is 11.1. The summed E-state index contributed by atoms with van der Waals surface area (Å²) in [5.41, 5.74) is 0.984. The fourth-order valence-electron chi connectivity index (χ4n) is 2.56. The van der Waals surface area contributed by atoms with Crippen LogP contribution in [0.15, 0.2) is 23.3 Å². The van der Waals surface area contributed by atoms with Gasteiger partial charge in [-0.2, -0.15) is 0 Å². The number of aliphatic imine (C=N–C) groups is 1. The number of guanidine groups is 1. The van der Waals surface area contributed by atoms with Crippen molar-refractivity contribution >= 4 is 29.9 Å². The zero-order valence-electron chi connectivity index (χ0n) is 14.1. The molecule has 1 saturated heterocycles. The molecular formula is C16H27IN4O2. The van der Waals surface area contributed by atoms with Gasteiger partial charge in [0.1, 0.15) is 0 Å². The number of hydrogen-bond acceptors (Lipinski definition) is 4. The number of hydrogen-bond donors (Lipinski definition) is 1. The molecule has 1 aromatic heterocycles. The average molecular weight is 434 g/mol. The third-order valence-corrected chi connectivity index (χ3v) is 3.69. The molecule has 0 aliphatic carbocycles. The molecular weight excluding hydrogens is 407 g/mol. The van der Waals surface area contributed by atoms with Crippen LogP contribution in [-0.2, 0) is 11.3 Å². The summed E-state index contributed by atoms with van der Waals surface area (Å²) in [6.45, 7) is 6.14. The molecule has 0 amide bonds. The van der Waals surface area contributed by atoms with E-state index in [0.717, 1.165) is 44.2 Å². The smallest absolute Gasteiger partial charge is 0.218 e. The van der Waals surface area contributed by atoms with Gasteiger partial charge in [0, 0.05) is 44.4 Å². The van der Waals surface area contributed by atoms with Gasteiger partial charge in [-0.25, -0.2) is 9.98 Å².